The molecule has 1 aromatic rings. The summed E-state index contributed by atoms with van der Waals surface area (Å²) in [4.78, 5) is 11.5. The highest BCUT2D eigenvalue weighted by Gasteiger charge is 2.23. The lowest BCUT2D eigenvalue weighted by Crippen LogP contribution is -2.42. The number of carbonyl (C=O) groups excluding carboxylic acids is 1. The van der Waals surface area contributed by atoms with Crippen LogP contribution in [0, 0.1) is 0 Å². The molecule has 2 atom stereocenters. The Kier molecular flexibility index (Phi) is 5.08. The van der Waals surface area contributed by atoms with Gasteiger partial charge in [0.2, 0.25) is 5.91 Å². The number of sulfonamides is 1. The highest BCUT2D eigenvalue weighted by molar-refractivity contribution is 7.91. The SMILES string of the molecule is O=C(CNS(=O)(=O)c1cccs1)NC[C@@H]1C[C@H](F)CN1. The van der Waals surface area contributed by atoms with Gasteiger partial charge in [-0.1, -0.05) is 6.07 Å². The first kappa shape index (κ1) is 15.4. The first-order valence-electron chi connectivity index (χ1n) is 6.14. The van der Waals surface area contributed by atoms with E-state index in [1.54, 1.807) is 11.4 Å². The van der Waals surface area contributed by atoms with Crippen LogP contribution in [0.4, 0.5) is 4.39 Å². The van der Waals surface area contributed by atoms with Crippen molar-refractivity contribution in [3.8, 4) is 0 Å². The first-order valence-corrected chi connectivity index (χ1v) is 8.51. The van der Waals surface area contributed by atoms with Gasteiger partial charge in [0.15, 0.2) is 0 Å². The van der Waals surface area contributed by atoms with Crippen LogP contribution in [0.15, 0.2) is 21.7 Å². The third kappa shape index (κ3) is 4.23. The predicted molar refractivity (Wildman–Crippen MR) is 73.8 cm³/mol. The van der Waals surface area contributed by atoms with E-state index in [0.29, 0.717) is 19.5 Å². The molecule has 0 spiro atoms. The van der Waals surface area contributed by atoms with Crippen LogP contribution in [-0.2, 0) is 14.8 Å². The number of rotatable bonds is 6. The topological polar surface area (TPSA) is 87.3 Å². The average molecular weight is 321 g/mol. The van der Waals surface area contributed by atoms with Gasteiger partial charge in [0.25, 0.3) is 10.0 Å². The summed E-state index contributed by atoms with van der Waals surface area (Å²) >= 11 is 1.08. The van der Waals surface area contributed by atoms with Crippen LogP contribution < -0.4 is 15.4 Å². The molecule has 0 saturated carbocycles. The minimum atomic E-state index is -3.63. The number of nitrogens with one attached hydrogen (secondary N) is 3. The number of hydrogen-bond donors (Lipinski definition) is 3. The zero-order chi connectivity index (χ0) is 14.6. The Hall–Kier alpha value is -1.03. The van der Waals surface area contributed by atoms with Crippen molar-refractivity contribution in [3.63, 3.8) is 0 Å². The van der Waals surface area contributed by atoms with Crippen LogP contribution in [-0.4, -0.2) is 46.2 Å². The maximum atomic E-state index is 12.9. The Morgan fingerprint density at radius 2 is 2.35 bits per heavy atom. The second-order valence-corrected chi connectivity index (χ2v) is 7.44. The molecule has 2 rings (SSSR count). The van der Waals surface area contributed by atoms with E-state index >= 15 is 0 Å². The molecule has 1 fully saturated rings. The van der Waals surface area contributed by atoms with Gasteiger partial charge in [0.1, 0.15) is 10.4 Å². The van der Waals surface area contributed by atoms with Crippen LogP contribution in [0.2, 0.25) is 0 Å². The monoisotopic (exact) mass is 321 g/mol. The van der Waals surface area contributed by atoms with Crippen molar-refractivity contribution in [1.82, 2.24) is 15.4 Å². The summed E-state index contributed by atoms with van der Waals surface area (Å²) in [7, 11) is -3.63. The minimum absolute atomic E-state index is 0.0946. The normalized spacial score (nSPS) is 22.9. The number of alkyl halides is 1. The molecule has 20 heavy (non-hydrogen) atoms. The van der Waals surface area contributed by atoms with Crippen LogP contribution in [0.5, 0.6) is 0 Å². The fourth-order valence-corrected chi connectivity index (χ4v) is 3.89. The Bertz CT molecular complexity index is 547. The van der Waals surface area contributed by atoms with Crippen molar-refractivity contribution < 1.29 is 17.6 Å². The van der Waals surface area contributed by atoms with E-state index in [2.05, 4.69) is 15.4 Å². The van der Waals surface area contributed by atoms with Gasteiger partial charge >= 0.3 is 0 Å². The minimum Gasteiger partial charge on any atom is -0.353 e. The second kappa shape index (κ2) is 6.61. The Balaban J connectivity index is 1.73. The van der Waals surface area contributed by atoms with Crippen LogP contribution in [0.25, 0.3) is 0 Å². The average Bonchev–Trinajstić information content (AvgIpc) is 3.05. The molecule has 1 aliphatic rings. The Morgan fingerprint density at radius 1 is 1.55 bits per heavy atom. The molecular weight excluding hydrogens is 305 g/mol. The summed E-state index contributed by atoms with van der Waals surface area (Å²) in [5, 5.41) is 7.15. The number of hydrogen-bond acceptors (Lipinski definition) is 5. The molecule has 112 valence electrons. The van der Waals surface area contributed by atoms with Crippen molar-refractivity contribution in [3.05, 3.63) is 17.5 Å². The summed E-state index contributed by atoms with van der Waals surface area (Å²) in [6, 6.07) is 3.00. The third-order valence-electron chi connectivity index (χ3n) is 2.90. The summed E-state index contributed by atoms with van der Waals surface area (Å²) in [6.45, 7) is 0.261. The molecule has 0 aromatic carbocycles. The molecule has 6 nitrogen and oxygen atoms in total. The fraction of sp³-hybridized carbons (Fsp3) is 0.545. The summed E-state index contributed by atoms with van der Waals surface area (Å²) < 4.78 is 38.8. The fourth-order valence-electron chi connectivity index (χ4n) is 1.87. The lowest BCUT2D eigenvalue weighted by molar-refractivity contribution is -0.120. The van der Waals surface area contributed by atoms with Crippen LogP contribution >= 0.6 is 11.3 Å². The first-order chi connectivity index (χ1) is 9.47. The van der Waals surface area contributed by atoms with Gasteiger partial charge in [-0.05, 0) is 17.9 Å². The molecule has 2 heterocycles. The highest BCUT2D eigenvalue weighted by atomic mass is 32.2. The number of thiophene rings is 1. The second-order valence-electron chi connectivity index (χ2n) is 4.50. The lowest BCUT2D eigenvalue weighted by Gasteiger charge is -2.11. The van der Waals surface area contributed by atoms with Crippen molar-refractivity contribution in [1.29, 1.82) is 0 Å². The molecule has 1 aromatic heterocycles. The molecule has 0 bridgehead atoms. The van der Waals surface area contributed by atoms with E-state index in [9.17, 15) is 17.6 Å². The molecule has 3 N–H and O–H groups in total. The predicted octanol–water partition coefficient (Wildman–Crippen LogP) is -0.157. The summed E-state index contributed by atoms with van der Waals surface area (Å²) in [5.74, 6) is -0.436. The number of halogens is 1. The molecular formula is C11H16FN3O3S2. The molecule has 1 aliphatic heterocycles. The van der Waals surface area contributed by atoms with E-state index in [4.69, 9.17) is 0 Å². The molecule has 1 amide bonds. The maximum Gasteiger partial charge on any atom is 0.250 e. The Labute approximate surface area is 120 Å². The van der Waals surface area contributed by atoms with E-state index in [1.807, 2.05) is 0 Å². The molecule has 0 radical (unpaired) electrons. The van der Waals surface area contributed by atoms with E-state index in [-0.39, 0.29) is 16.8 Å². The molecule has 0 aliphatic carbocycles. The largest absolute Gasteiger partial charge is 0.353 e. The zero-order valence-corrected chi connectivity index (χ0v) is 12.3. The van der Waals surface area contributed by atoms with E-state index < -0.39 is 22.1 Å². The quantitative estimate of drug-likeness (QED) is 0.680. The van der Waals surface area contributed by atoms with Crippen molar-refractivity contribution in [2.24, 2.45) is 0 Å². The van der Waals surface area contributed by atoms with Crippen molar-refractivity contribution >= 4 is 27.3 Å². The van der Waals surface area contributed by atoms with Gasteiger partial charge in [-0.2, -0.15) is 0 Å². The zero-order valence-electron chi connectivity index (χ0n) is 10.6. The lowest BCUT2D eigenvalue weighted by atomic mass is 10.2. The third-order valence-corrected chi connectivity index (χ3v) is 5.70. The Morgan fingerprint density at radius 3 is 2.95 bits per heavy atom. The number of amides is 1. The van der Waals surface area contributed by atoms with Crippen molar-refractivity contribution in [2.45, 2.75) is 22.8 Å². The van der Waals surface area contributed by atoms with Crippen LogP contribution in [0.1, 0.15) is 6.42 Å². The van der Waals surface area contributed by atoms with Gasteiger partial charge in [-0.25, -0.2) is 17.5 Å². The van der Waals surface area contributed by atoms with Gasteiger partial charge in [0.05, 0.1) is 6.54 Å². The smallest absolute Gasteiger partial charge is 0.250 e. The van der Waals surface area contributed by atoms with Gasteiger partial charge in [0, 0.05) is 19.1 Å². The van der Waals surface area contributed by atoms with Gasteiger partial charge < -0.3 is 10.6 Å². The van der Waals surface area contributed by atoms with Crippen molar-refractivity contribution in [2.75, 3.05) is 19.6 Å². The molecule has 1 saturated heterocycles. The van der Waals surface area contributed by atoms with E-state index in [1.165, 1.54) is 6.07 Å². The van der Waals surface area contributed by atoms with E-state index in [0.717, 1.165) is 11.3 Å². The number of carbonyl (C=O) groups is 1. The summed E-state index contributed by atoms with van der Waals surface area (Å²) in [5.41, 5.74) is 0. The van der Waals surface area contributed by atoms with Crippen LogP contribution in [0.3, 0.4) is 0 Å². The molecule has 9 heteroatoms. The summed E-state index contributed by atoms with van der Waals surface area (Å²) in [6.07, 6.45) is -0.518. The van der Waals surface area contributed by atoms with Gasteiger partial charge in [-0.3, -0.25) is 4.79 Å². The van der Waals surface area contributed by atoms with Gasteiger partial charge in [-0.15, -0.1) is 11.3 Å². The highest BCUT2D eigenvalue weighted by Crippen LogP contribution is 2.14. The maximum absolute atomic E-state index is 12.9. The molecule has 0 unspecified atom stereocenters. The standard InChI is InChI=1S/C11H16FN3O3S2/c12-8-4-9(13-5-8)6-14-10(16)7-15-20(17,18)11-2-1-3-19-11/h1-3,8-9,13,15H,4-7H2,(H,14,16)/t8-,9-/m0/s1.